The molecule has 114 valence electrons. The summed E-state index contributed by atoms with van der Waals surface area (Å²) < 4.78 is 14.1. The molecule has 0 aromatic carbocycles. The Hall–Kier alpha value is -1.88. The van der Waals surface area contributed by atoms with E-state index >= 15 is 0 Å². The Morgan fingerprint density at radius 2 is 1.90 bits per heavy atom. The van der Waals surface area contributed by atoms with Crippen molar-refractivity contribution in [2.45, 2.75) is 26.4 Å². The second kappa shape index (κ2) is 13.5. The van der Waals surface area contributed by atoms with Crippen molar-refractivity contribution in [2.24, 2.45) is 0 Å². The predicted molar refractivity (Wildman–Crippen MR) is 78.2 cm³/mol. The summed E-state index contributed by atoms with van der Waals surface area (Å²) in [5, 5.41) is 0. The van der Waals surface area contributed by atoms with Gasteiger partial charge in [-0.2, -0.15) is 0 Å². The Labute approximate surface area is 120 Å². The third-order valence-corrected chi connectivity index (χ3v) is 1.77. The van der Waals surface area contributed by atoms with Gasteiger partial charge in [-0.3, -0.25) is 0 Å². The molecule has 5 nitrogen and oxygen atoms in total. The van der Waals surface area contributed by atoms with Crippen LogP contribution in [0.1, 0.15) is 20.3 Å². The maximum Gasteiger partial charge on any atom is 0.333 e. The zero-order valence-electron chi connectivity index (χ0n) is 12.4. The van der Waals surface area contributed by atoms with Gasteiger partial charge in [-0.05, 0) is 13.3 Å². The van der Waals surface area contributed by atoms with Crippen LogP contribution in [0, 0.1) is 0 Å². The molecule has 0 aromatic rings. The first-order valence-corrected chi connectivity index (χ1v) is 6.24. The highest BCUT2D eigenvalue weighted by molar-refractivity contribution is 5.86. The summed E-state index contributed by atoms with van der Waals surface area (Å²) in [6, 6.07) is 0. The third-order valence-electron chi connectivity index (χ3n) is 1.77. The fourth-order valence-electron chi connectivity index (χ4n) is 0.716. The standard InChI is InChI=1S/C7H12O2.C6H8O3.C2H4/c1-4-5-9-7(8)6(2)3;1-2-6(7)9-4-5-3-8-5;1-2/h2,4-5H2,1,3H3;2,5H,1,3-4H2;1-2H2. The Morgan fingerprint density at radius 1 is 1.35 bits per heavy atom. The van der Waals surface area contributed by atoms with Gasteiger partial charge >= 0.3 is 11.9 Å². The largest absolute Gasteiger partial charge is 0.462 e. The molecule has 0 aliphatic carbocycles. The highest BCUT2D eigenvalue weighted by Gasteiger charge is 2.23. The number of rotatable bonds is 6. The van der Waals surface area contributed by atoms with Crippen LogP contribution in [0.4, 0.5) is 0 Å². The highest BCUT2D eigenvalue weighted by atomic mass is 16.6. The van der Waals surface area contributed by atoms with Gasteiger partial charge < -0.3 is 14.2 Å². The molecule has 1 fully saturated rings. The van der Waals surface area contributed by atoms with Gasteiger partial charge in [-0.1, -0.05) is 20.1 Å². The molecule has 0 saturated carbocycles. The number of hydrogen-bond donors (Lipinski definition) is 0. The summed E-state index contributed by atoms with van der Waals surface area (Å²) >= 11 is 0. The van der Waals surface area contributed by atoms with Crippen molar-refractivity contribution in [3.8, 4) is 0 Å². The van der Waals surface area contributed by atoms with E-state index in [1.165, 1.54) is 0 Å². The topological polar surface area (TPSA) is 65.1 Å². The summed E-state index contributed by atoms with van der Waals surface area (Å²) in [4.78, 5) is 20.9. The normalized spacial score (nSPS) is 14.4. The van der Waals surface area contributed by atoms with Gasteiger partial charge in [-0.25, -0.2) is 9.59 Å². The van der Waals surface area contributed by atoms with Crippen molar-refractivity contribution in [3.63, 3.8) is 0 Å². The molecule has 0 spiro atoms. The highest BCUT2D eigenvalue weighted by Crippen LogP contribution is 2.08. The number of hydrogen-bond acceptors (Lipinski definition) is 5. The second-order valence-corrected chi connectivity index (χ2v) is 3.71. The Kier molecular flexibility index (Phi) is 13.8. The smallest absolute Gasteiger partial charge is 0.333 e. The molecule has 1 saturated heterocycles. The van der Waals surface area contributed by atoms with Gasteiger partial charge in [0.1, 0.15) is 12.7 Å². The van der Waals surface area contributed by atoms with Crippen molar-refractivity contribution in [1.82, 2.24) is 0 Å². The molecule has 1 aliphatic rings. The molecule has 1 atom stereocenters. The molecule has 0 aromatic heterocycles. The molecule has 0 amide bonds. The summed E-state index contributed by atoms with van der Waals surface area (Å²) in [5.74, 6) is -0.678. The van der Waals surface area contributed by atoms with E-state index in [1.54, 1.807) is 6.92 Å². The minimum Gasteiger partial charge on any atom is -0.462 e. The fourth-order valence-corrected chi connectivity index (χ4v) is 0.716. The number of epoxide rings is 1. The lowest BCUT2D eigenvalue weighted by molar-refractivity contribution is -0.139. The number of carbonyl (C=O) groups excluding carboxylic acids is 2. The van der Waals surface area contributed by atoms with E-state index in [4.69, 9.17) is 9.47 Å². The quantitative estimate of drug-likeness (QED) is 0.324. The van der Waals surface area contributed by atoms with E-state index in [-0.39, 0.29) is 18.0 Å². The number of carbonyl (C=O) groups is 2. The van der Waals surface area contributed by atoms with Crippen LogP contribution in [0.2, 0.25) is 0 Å². The van der Waals surface area contributed by atoms with Crippen molar-refractivity contribution >= 4 is 11.9 Å². The average molecular weight is 284 g/mol. The van der Waals surface area contributed by atoms with E-state index in [0.29, 0.717) is 25.4 Å². The first kappa shape index (κ1) is 20.4. The maximum atomic E-state index is 10.6. The van der Waals surface area contributed by atoms with Crippen molar-refractivity contribution < 1.29 is 23.8 Å². The van der Waals surface area contributed by atoms with Crippen LogP contribution in [0.3, 0.4) is 0 Å². The first-order chi connectivity index (χ1) is 9.51. The molecule has 0 radical (unpaired) electrons. The molecule has 1 heterocycles. The van der Waals surface area contributed by atoms with Crippen molar-refractivity contribution in [1.29, 1.82) is 0 Å². The molecule has 0 bridgehead atoms. The van der Waals surface area contributed by atoms with Crippen molar-refractivity contribution in [3.05, 3.63) is 38.0 Å². The fraction of sp³-hybridized carbons (Fsp3) is 0.467. The van der Waals surface area contributed by atoms with Crippen LogP contribution < -0.4 is 0 Å². The van der Waals surface area contributed by atoms with Gasteiger partial charge in [-0.15, -0.1) is 13.2 Å². The van der Waals surface area contributed by atoms with Crippen LogP contribution in [0.15, 0.2) is 38.0 Å². The van der Waals surface area contributed by atoms with Gasteiger partial charge in [0.2, 0.25) is 0 Å². The van der Waals surface area contributed by atoms with Crippen LogP contribution in [0.25, 0.3) is 0 Å². The van der Waals surface area contributed by atoms with Crippen LogP contribution in [-0.4, -0.2) is 37.9 Å². The van der Waals surface area contributed by atoms with Gasteiger partial charge in [0.25, 0.3) is 0 Å². The van der Waals surface area contributed by atoms with E-state index in [2.05, 4.69) is 31.1 Å². The summed E-state index contributed by atoms with van der Waals surface area (Å²) in [7, 11) is 0. The zero-order valence-corrected chi connectivity index (χ0v) is 12.4. The number of ether oxygens (including phenoxy) is 3. The average Bonchev–Trinajstić information content (AvgIpc) is 3.29. The molecule has 20 heavy (non-hydrogen) atoms. The Morgan fingerprint density at radius 3 is 2.25 bits per heavy atom. The first-order valence-electron chi connectivity index (χ1n) is 6.24. The Balaban J connectivity index is 0. The minimum atomic E-state index is -0.384. The SMILES string of the molecule is C=C.C=C(C)C(=O)OCCC.C=CC(=O)OCC1CO1. The third kappa shape index (κ3) is 14.2. The van der Waals surface area contributed by atoms with E-state index in [9.17, 15) is 9.59 Å². The van der Waals surface area contributed by atoms with Crippen LogP contribution >= 0.6 is 0 Å². The lowest BCUT2D eigenvalue weighted by Gasteiger charge is -1.99. The van der Waals surface area contributed by atoms with E-state index in [1.807, 2.05) is 6.92 Å². The van der Waals surface area contributed by atoms with Gasteiger partial charge in [0.05, 0.1) is 13.2 Å². The monoisotopic (exact) mass is 284 g/mol. The maximum absolute atomic E-state index is 10.6. The lowest BCUT2D eigenvalue weighted by Crippen LogP contribution is -2.06. The number of esters is 2. The molecule has 1 aliphatic heterocycles. The molecular weight excluding hydrogens is 260 g/mol. The van der Waals surface area contributed by atoms with Gasteiger partial charge in [0.15, 0.2) is 0 Å². The van der Waals surface area contributed by atoms with Crippen LogP contribution in [0.5, 0.6) is 0 Å². The molecular formula is C15H24O5. The summed E-state index contributed by atoms with van der Waals surface area (Å²) in [6.07, 6.45) is 2.15. The molecule has 1 unspecified atom stereocenters. The molecule has 1 rings (SSSR count). The summed E-state index contributed by atoms with van der Waals surface area (Å²) in [5.41, 5.74) is 0.462. The summed E-state index contributed by atoms with van der Waals surface area (Å²) in [6.45, 7) is 17.8. The van der Waals surface area contributed by atoms with E-state index < -0.39 is 0 Å². The Bertz CT molecular complexity index is 318. The zero-order chi connectivity index (χ0) is 16.0. The van der Waals surface area contributed by atoms with Crippen molar-refractivity contribution in [2.75, 3.05) is 19.8 Å². The van der Waals surface area contributed by atoms with Crippen LogP contribution in [-0.2, 0) is 23.8 Å². The molecule has 0 N–H and O–H groups in total. The second-order valence-electron chi connectivity index (χ2n) is 3.71. The molecule has 5 heteroatoms. The lowest BCUT2D eigenvalue weighted by atomic mass is 10.4. The van der Waals surface area contributed by atoms with E-state index in [0.717, 1.165) is 12.5 Å². The minimum absolute atomic E-state index is 0.147. The predicted octanol–water partition coefficient (Wildman–Crippen LogP) is 2.43. The van der Waals surface area contributed by atoms with Gasteiger partial charge in [0, 0.05) is 11.6 Å².